The molecule has 0 unspecified atom stereocenters. The summed E-state index contributed by atoms with van der Waals surface area (Å²) in [5.74, 6) is -0.169. The van der Waals surface area contributed by atoms with E-state index in [2.05, 4.69) is 13.5 Å². The van der Waals surface area contributed by atoms with Crippen LogP contribution in [0, 0.1) is 6.92 Å². The van der Waals surface area contributed by atoms with Crippen LogP contribution in [0.4, 0.5) is 0 Å². The molecule has 0 atom stereocenters. The van der Waals surface area contributed by atoms with Gasteiger partial charge in [0.25, 0.3) is 0 Å². The zero-order chi connectivity index (χ0) is 15.5. The van der Waals surface area contributed by atoms with Crippen molar-refractivity contribution in [2.75, 3.05) is 6.61 Å². The summed E-state index contributed by atoms with van der Waals surface area (Å²) in [6.45, 7) is 8.73. The molecule has 0 saturated heterocycles. The SMILES string of the molecule is C=Cc1ccc(C)[n+](CC(=O)OCCCCCCCC)c1. The van der Waals surface area contributed by atoms with E-state index in [-0.39, 0.29) is 12.5 Å². The number of carbonyl (C=O) groups excluding carboxylic acids is 1. The second kappa shape index (κ2) is 10.1. The molecule has 0 saturated carbocycles. The van der Waals surface area contributed by atoms with E-state index in [9.17, 15) is 4.79 Å². The van der Waals surface area contributed by atoms with Crippen molar-refractivity contribution in [1.29, 1.82) is 0 Å². The third kappa shape index (κ3) is 7.07. The minimum absolute atomic E-state index is 0.169. The molecule has 0 radical (unpaired) electrons. The molecule has 0 amide bonds. The molecule has 1 heterocycles. The summed E-state index contributed by atoms with van der Waals surface area (Å²) >= 11 is 0. The van der Waals surface area contributed by atoms with Crippen LogP contribution in [0.2, 0.25) is 0 Å². The number of unbranched alkanes of at least 4 members (excludes halogenated alkanes) is 5. The van der Waals surface area contributed by atoms with Crippen LogP contribution in [0.1, 0.15) is 56.7 Å². The number of hydrogen-bond acceptors (Lipinski definition) is 2. The predicted molar refractivity (Wildman–Crippen MR) is 85.8 cm³/mol. The molecule has 0 aliphatic carbocycles. The average Bonchev–Trinajstić information content (AvgIpc) is 2.48. The lowest BCUT2D eigenvalue weighted by Crippen LogP contribution is -2.41. The molecule has 1 rings (SSSR count). The first-order valence-corrected chi connectivity index (χ1v) is 7.95. The number of pyridine rings is 1. The molecule has 0 bridgehead atoms. The molecule has 1 aromatic rings. The third-order valence-electron chi connectivity index (χ3n) is 3.57. The number of ether oxygens (including phenoxy) is 1. The Morgan fingerprint density at radius 3 is 2.67 bits per heavy atom. The van der Waals surface area contributed by atoms with Crippen molar-refractivity contribution in [2.45, 2.75) is 58.9 Å². The third-order valence-corrected chi connectivity index (χ3v) is 3.57. The van der Waals surface area contributed by atoms with Crippen LogP contribution in [0.5, 0.6) is 0 Å². The summed E-state index contributed by atoms with van der Waals surface area (Å²) in [6, 6.07) is 3.97. The Balaban J connectivity index is 2.26. The van der Waals surface area contributed by atoms with Crippen molar-refractivity contribution in [3.63, 3.8) is 0 Å². The molecule has 0 aliphatic rings. The summed E-state index contributed by atoms with van der Waals surface area (Å²) in [7, 11) is 0. The molecule has 0 spiro atoms. The van der Waals surface area contributed by atoms with Gasteiger partial charge in [-0.25, -0.2) is 4.79 Å². The van der Waals surface area contributed by atoms with E-state index in [1.807, 2.05) is 29.8 Å². The maximum atomic E-state index is 11.8. The van der Waals surface area contributed by atoms with Crippen LogP contribution < -0.4 is 4.57 Å². The highest BCUT2D eigenvalue weighted by Crippen LogP contribution is 2.05. The number of hydrogen-bond donors (Lipinski definition) is 0. The summed E-state index contributed by atoms with van der Waals surface area (Å²) in [5, 5.41) is 0. The molecule has 1 aromatic heterocycles. The van der Waals surface area contributed by atoms with E-state index >= 15 is 0 Å². The molecule has 0 aliphatic heterocycles. The van der Waals surface area contributed by atoms with Gasteiger partial charge in [0.2, 0.25) is 6.54 Å². The van der Waals surface area contributed by atoms with Crippen molar-refractivity contribution in [3.05, 3.63) is 36.2 Å². The number of carbonyl (C=O) groups is 1. The normalized spacial score (nSPS) is 10.4. The second-order valence-corrected chi connectivity index (χ2v) is 5.42. The zero-order valence-corrected chi connectivity index (χ0v) is 13.4. The minimum Gasteiger partial charge on any atom is -0.461 e. The van der Waals surface area contributed by atoms with Crippen LogP contribution >= 0.6 is 0 Å². The lowest BCUT2D eigenvalue weighted by molar-refractivity contribution is -0.692. The van der Waals surface area contributed by atoms with Gasteiger partial charge in [0.1, 0.15) is 0 Å². The number of rotatable bonds is 10. The molecule has 3 nitrogen and oxygen atoms in total. The van der Waals surface area contributed by atoms with Crippen molar-refractivity contribution < 1.29 is 14.1 Å². The maximum absolute atomic E-state index is 11.8. The Morgan fingerprint density at radius 1 is 1.24 bits per heavy atom. The van der Waals surface area contributed by atoms with Crippen LogP contribution in [-0.4, -0.2) is 12.6 Å². The largest absolute Gasteiger partial charge is 0.461 e. The standard InChI is InChI=1S/C18H28NO2/c1-4-6-7-8-9-10-13-21-18(20)15-19-14-17(5-2)12-11-16(19)3/h5,11-12,14H,2,4,6-10,13,15H2,1,3H3/q+1. The van der Waals surface area contributed by atoms with Crippen LogP contribution in [0.15, 0.2) is 24.9 Å². The number of aryl methyl sites for hydroxylation is 1. The first kappa shape index (κ1) is 17.4. The van der Waals surface area contributed by atoms with Crippen LogP contribution in [-0.2, 0) is 16.1 Å². The number of nitrogens with zero attached hydrogens (tertiary/aromatic N) is 1. The second-order valence-electron chi connectivity index (χ2n) is 5.42. The van der Waals surface area contributed by atoms with Crippen molar-refractivity contribution in [1.82, 2.24) is 0 Å². The summed E-state index contributed by atoms with van der Waals surface area (Å²) in [6.07, 6.45) is 10.9. The smallest absolute Gasteiger partial charge is 0.372 e. The van der Waals surface area contributed by atoms with Gasteiger partial charge in [-0.15, -0.1) is 0 Å². The lowest BCUT2D eigenvalue weighted by atomic mass is 10.1. The Morgan fingerprint density at radius 2 is 1.95 bits per heavy atom. The van der Waals surface area contributed by atoms with Gasteiger partial charge in [0.05, 0.1) is 6.61 Å². The quantitative estimate of drug-likeness (QED) is 0.372. The average molecular weight is 290 g/mol. The minimum atomic E-state index is -0.169. The van der Waals surface area contributed by atoms with E-state index in [0.29, 0.717) is 6.61 Å². The highest BCUT2D eigenvalue weighted by molar-refractivity contribution is 5.67. The molecule has 0 fully saturated rings. The Labute approximate surface area is 128 Å². The predicted octanol–water partition coefficient (Wildman–Crippen LogP) is 3.83. The molecular weight excluding hydrogens is 262 g/mol. The molecule has 116 valence electrons. The number of aromatic nitrogens is 1. The van der Waals surface area contributed by atoms with Gasteiger partial charge < -0.3 is 4.74 Å². The molecule has 21 heavy (non-hydrogen) atoms. The Bertz CT molecular complexity index is 455. The van der Waals surface area contributed by atoms with Gasteiger partial charge in [0, 0.05) is 18.6 Å². The molecule has 0 aromatic carbocycles. The van der Waals surface area contributed by atoms with Gasteiger partial charge in [-0.05, 0) is 12.5 Å². The van der Waals surface area contributed by atoms with E-state index in [0.717, 1.165) is 24.1 Å². The van der Waals surface area contributed by atoms with Gasteiger partial charge in [-0.2, -0.15) is 4.57 Å². The molecule has 3 heteroatoms. The fraction of sp³-hybridized carbons (Fsp3) is 0.556. The van der Waals surface area contributed by atoms with Gasteiger partial charge in [-0.3, -0.25) is 0 Å². The first-order chi connectivity index (χ1) is 10.2. The summed E-state index contributed by atoms with van der Waals surface area (Å²) in [5.41, 5.74) is 2.04. The van der Waals surface area contributed by atoms with Crippen LogP contribution in [0.25, 0.3) is 6.08 Å². The van der Waals surface area contributed by atoms with Gasteiger partial charge in [-0.1, -0.05) is 51.7 Å². The van der Waals surface area contributed by atoms with E-state index in [1.165, 1.54) is 25.7 Å². The zero-order valence-electron chi connectivity index (χ0n) is 13.4. The van der Waals surface area contributed by atoms with E-state index < -0.39 is 0 Å². The number of esters is 1. The fourth-order valence-electron chi connectivity index (χ4n) is 2.18. The Kier molecular flexibility index (Phi) is 8.41. The highest BCUT2D eigenvalue weighted by Gasteiger charge is 2.13. The monoisotopic (exact) mass is 290 g/mol. The molecule has 0 N–H and O–H groups in total. The van der Waals surface area contributed by atoms with Crippen molar-refractivity contribution in [3.8, 4) is 0 Å². The Hall–Kier alpha value is -1.64. The van der Waals surface area contributed by atoms with E-state index in [1.54, 1.807) is 6.08 Å². The van der Waals surface area contributed by atoms with E-state index in [4.69, 9.17) is 4.74 Å². The summed E-state index contributed by atoms with van der Waals surface area (Å²) in [4.78, 5) is 11.8. The fourth-order valence-corrected chi connectivity index (χ4v) is 2.18. The van der Waals surface area contributed by atoms with Crippen molar-refractivity contribution in [2.24, 2.45) is 0 Å². The van der Waals surface area contributed by atoms with Gasteiger partial charge in [0.15, 0.2) is 11.9 Å². The maximum Gasteiger partial charge on any atom is 0.372 e. The summed E-state index contributed by atoms with van der Waals surface area (Å²) < 4.78 is 7.20. The lowest BCUT2D eigenvalue weighted by Gasteiger charge is -2.04. The van der Waals surface area contributed by atoms with Crippen LogP contribution in [0.3, 0.4) is 0 Å². The topological polar surface area (TPSA) is 30.2 Å². The van der Waals surface area contributed by atoms with Crippen molar-refractivity contribution >= 4 is 12.0 Å². The first-order valence-electron chi connectivity index (χ1n) is 7.95. The van der Waals surface area contributed by atoms with Gasteiger partial charge >= 0.3 is 5.97 Å². The highest BCUT2D eigenvalue weighted by atomic mass is 16.5. The molecular formula is C18H28NO2+.